The van der Waals surface area contributed by atoms with Gasteiger partial charge < -0.3 is 15.7 Å². The number of aliphatic hydroxyl groups excluding tert-OH is 1. The fourth-order valence-corrected chi connectivity index (χ4v) is 4.09. The molecule has 11 nitrogen and oxygen atoms in total. The molecule has 1 unspecified atom stereocenters. The Morgan fingerprint density at radius 1 is 1.20 bits per heavy atom. The monoisotopic (exact) mass is 573 g/mol. The lowest BCUT2D eigenvalue weighted by atomic mass is 10.0. The third-order valence-electron chi connectivity index (χ3n) is 5.57. The van der Waals surface area contributed by atoms with E-state index in [1.165, 1.54) is 16.8 Å². The molecular formula is C25H23ClF3N9O2. The second-order valence-corrected chi connectivity index (χ2v) is 9.47. The maximum absolute atomic E-state index is 12.9. The number of nitrogens with one attached hydrogen (secondary N) is 2. The van der Waals surface area contributed by atoms with Gasteiger partial charge in [0.2, 0.25) is 0 Å². The van der Waals surface area contributed by atoms with E-state index in [-0.39, 0.29) is 45.8 Å². The molecule has 0 aliphatic carbocycles. The molecular weight excluding hydrogens is 551 g/mol. The molecule has 0 saturated carbocycles. The minimum atomic E-state index is -4.76. The number of carbonyl (C=O) groups is 1. The zero-order valence-corrected chi connectivity index (χ0v) is 22.2. The van der Waals surface area contributed by atoms with Gasteiger partial charge in [-0.2, -0.15) is 28.3 Å². The number of aryl methyl sites for hydroxylation is 1. The van der Waals surface area contributed by atoms with Gasteiger partial charge in [0.25, 0.3) is 11.7 Å². The van der Waals surface area contributed by atoms with Crippen molar-refractivity contribution in [1.82, 2.24) is 35.3 Å². The van der Waals surface area contributed by atoms with E-state index in [9.17, 15) is 28.3 Å². The second kappa shape index (κ2) is 11.3. The quantitative estimate of drug-likeness (QED) is 0.268. The van der Waals surface area contributed by atoms with Crippen LogP contribution in [-0.2, 0) is 12.7 Å². The number of tetrazole rings is 1. The molecule has 0 saturated heterocycles. The van der Waals surface area contributed by atoms with Gasteiger partial charge in [-0.15, -0.1) is 10.2 Å². The van der Waals surface area contributed by atoms with Crippen molar-refractivity contribution in [2.45, 2.75) is 45.8 Å². The number of nitriles is 1. The van der Waals surface area contributed by atoms with Crippen LogP contribution in [0, 0.1) is 18.3 Å². The van der Waals surface area contributed by atoms with Crippen LogP contribution in [0.4, 0.5) is 18.9 Å². The summed E-state index contributed by atoms with van der Waals surface area (Å²) in [5.41, 5.74) is 1.90. The van der Waals surface area contributed by atoms with Crippen molar-refractivity contribution in [1.29, 1.82) is 5.26 Å². The van der Waals surface area contributed by atoms with Gasteiger partial charge >= 0.3 is 6.18 Å². The van der Waals surface area contributed by atoms with Crippen LogP contribution < -0.4 is 10.6 Å². The number of anilines is 1. The summed E-state index contributed by atoms with van der Waals surface area (Å²) < 4.78 is 40.1. The highest BCUT2D eigenvalue weighted by atomic mass is 35.5. The van der Waals surface area contributed by atoms with Crippen molar-refractivity contribution in [3.05, 3.63) is 81.4 Å². The second-order valence-electron chi connectivity index (χ2n) is 9.07. The van der Waals surface area contributed by atoms with Crippen LogP contribution in [0.25, 0.3) is 5.69 Å². The Morgan fingerprint density at radius 2 is 1.93 bits per heavy atom. The van der Waals surface area contributed by atoms with E-state index in [0.717, 1.165) is 4.80 Å². The molecule has 40 heavy (non-hydrogen) atoms. The Bertz CT molecular complexity index is 1590. The number of hydrogen-bond acceptors (Lipinski definition) is 8. The molecule has 2 aromatic carbocycles. The summed E-state index contributed by atoms with van der Waals surface area (Å²) in [5, 5.41) is 40.9. The van der Waals surface area contributed by atoms with Gasteiger partial charge in [-0.05, 0) is 61.9 Å². The first-order valence-electron chi connectivity index (χ1n) is 11.9. The first-order chi connectivity index (χ1) is 18.9. The summed E-state index contributed by atoms with van der Waals surface area (Å²) in [7, 11) is 0. The van der Waals surface area contributed by atoms with Crippen LogP contribution in [0.3, 0.4) is 0 Å². The fraction of sp³-hybridized carbons (Fsp3) is 0.280. The number of alkyl halides is 3. The lowest BCUT2D eigenvalue weighted by Crippen LogP contribution is -2.31. The maximum Gasteiger partial charge on any atom is 0.455 e. The number of carbonyl (C=O) groups excluding carboxylic acids is 1. The predicted octanol–water partition coefficient (Wildman–Crippen LogP) is 4.00. The third kappa shape index (κ3) is 6.22. The number of amides is 1. The predicted molar refractivity (Wildman–Crippen MR) is 138 cm³/mol. The zero-order valence-electron chi connectivity index (χ0n) is 21.4. The number of hydrogen-bond donors (Lipinski definition) is 3. The molecule has 2 aromatic heterocycles. The molecule has 15 heteroatoms. The summed E-state index contributed by atoms with van der Waals surface area (Å²) in [6.45, 7) is 4.95. The lowest BCUT2D eigenvalue weighted by molar-refractivity contribution is -0.145. The van der Waals surface area contributed by atoms with Crippen LogP contribution in [-0.4, -0.2) is 47.0 Å². The maximum atomic E-state index is 12.9. The van der Waals surface area contributed by atoms with E-state index in [1.807, 2.05) is 6.07 Å². The molecule has 0 aliphatic heterocycles. The highest BCUT2D eigenvalue weighted by Gasteiger charge is 2.37. The standard InChI is InChI=1S/C25H23ClF3N9O2/c1-13(2)31-22(39)17-9-15(11-30)8-14(3)21(17)32-23(40)20-10-16(12-37-35-24(33-36-37)25(27,28)29)34-38(20)19-7-5-4-6-18(19)26/h4-10,13,23,32,40H,12H2,1-3H3,(H,31,39). The molecule has 208 valence electrons. The average molecular weight is 574 g/mol. The topological polar surface area (TPSA) is 147 Å². The van der Waals surface area contributed by atoms with E-state index in [2.05, 4.69) is 31.1 Å². The van der Waals surface area contributed by atoms with Crippen molar-refractivity contribution in [3.63, 3.8) is 0 Å². The first-order valence-corrected chi connectivity index (χ1v) is 12.2. The summed E-state index contributed by atoms with van der Waals surface area (Å²) in [4.78, 5) is 13.7. The summed E-state index contributed by atoms with van der Waals surface area (Å²) in [5.74, 6) is -1.86. The Kier molecular flexibility index (Phi) is 8.08. The van der Waals surface area contributed by atoms with Gasteiger partial charge in [0.05, 0.1) is 45.0 Å². The zero-order chi connectivity index (χ0) is 29.2. The largest absolute Gasteiger partial charge is 0.455 e. The van der Waals surface area contributed by atoms with E-state index in [0.29, 0.717) is 11.3 Å². The van der Waals surface area contributed by atoms with Crippen molar-refractivity contribution < 1.29 is 23.1 Å². The van der Waals surface area contributed by atoms with E-state index in [1.54, 1.807) is 51.1 Å². The first kappa shape index (κ1) is 28.5. The van der Waals surface area contributed by atoms with E-state index >= 15 is 0 Å². The summed E-state index contributed by atoms with van der Waals surface area (Å²) in [6.07, 6.45) is -6.25. The number of para-hydroxylation sites is 1. The van der Waals surface area contributed by atoms with Gasteiger partial charge in [-0.3, -0.25) is 4.79 Å². The number of aromatic nitrogens is 6. The van der Waals surface area contributed by atoms with Gasteiger partial charge in [-0.25, -0.2) is 4.68 Å². The molecule has 3 N–H and O–H groups in total. The van der Waals surface area contributed by atoms with E-state index in [4.69, 9.17) is 11.6 Å². The third-order valence-corrected chi connectivity index (χ3v) is 5.89. The Balaban J connectivity index is 1.75. The molecule has 1 amide bonds. The number of aliphatic hydroxyl groups is 1. The van der Waals surface area contributed by atoms with Gasteiger partial charge in [-0.1, -0.05) is 23.7 Å². The van der Waals surface area contributed by atoms with Gasteiger partial charge in [0.15, 0.2) is 6.23 Å². The van der Waals surface area contributed by atoms with Crippen molar-refractivity contribution in [2.75, 3.05) is 5.32 Å². The SMILES string of the molecule is Cc1cc(C#N)cc(C(=O)NC(C)C)c1NC(O)c1cc(Cn2nnc(C(F)(F)F)n2)nn1-c1ccccc1Cl. The number of rotatable bonds is 8. The number of benzene rings is 2. The summed E-state index contributed by atoms with van der Waals surface area (Å²) in [6, 6.07) is 12.9. The van der Waals surface area contributed by atoms with Crippen molar-refractivity contribution in [3.8, 4) is 11.8 Å². The van der Waals surface area contributed by atoms with Crippen molar-refractivity contribution in [2.24, 2.45) is 0 Å². The molecule has 4 rings (SSSR count). The average Bonchev–Trinajstić information content (AvgIpc) is 3.52. The van der Waals surface area contributed by atoms with E-state index < -0.39 is 24.1 Å². The lowest BCUT2D eigenvalue weighted by Gasteiger charge is -2.21. The van der Waals surface area contributed by atoms with Crippen LogP contribution in [0.15, 0.2) is 42.5 Å². The molecule has 4 aromatic rings. The minimum absolute atomic E-state index is 0.139. The molecule has 0 bridgehead atoms. The molecule has 2 heterocycles. The fourth-order valence-electron chi connectivity index (χ4n) is 3.88. The number of halogens is 4. The molecule has 1 atom stereocenters. The van der Waals surface area contributed by atoms with Crippen LogP contribution in [0.1, 0.15) is 58.8 Å². The Morgan fingerprint density at radius 3 is 2.55 bits per heavy atom. The van der Waals surface area contributed by atoms with Crippen LogP contribution in [0.2, 0.25) is 5.02 Å². The highest BCUT2D eigenvalue weighted by Crippen LogP contribution is 2.30. The van der Waals surface area contributed by atoms with Gasteiger partial charge in [0, 0.05) is 6.04 Å². The molecule has 0 spiro atoms. The summed E-state index contributed by atoms with van der Waals surface area (Å²) >= 11 is 6.38. The molecule has 0 fully saturated rings. The van der Waals surface area contributed by atoms with Crippen molar-refractivity contribution >= 4 is 23.2 Å². The highest BCUT2D eigenvalue weighted by molar-refractivity contribution is 6.32. The van der Waals surface area contributed by atoms with Gasteiger partial charge in [0.1, 0.15) is 6.54 Å². The van der Waals surface area contributed by atoms with Crippen LogP contribution >= 0.6 is 11.6 Å². The normalized spacial score (nSPS) is 12.3. The molecule has 0 aliphatic rings. The molecule has 0 radical (unpaired) electrons. The minimum Gasteiger partial charge on any atom is -0.368 e. The Labute approximate surface area is 231 Å². The van der Waals surface area contributed by atoms with Crippen LogP contribution in [0.5, 0.6) is 0 Å². The number of nitrogens with zero attached hydrogens (tertiary/aromatic N) is 7. The smallest absolute Gasteiger partial charge is 0.368 e. The Hall–Kier alpha value is -4.48.